The van der Waals surface area contributed by atoms with Gasteiger partial charge < -0.3 is 4.74 Å². The van der Waals surface area contributed by atoms with Crippen molar-refractivity contribution in [3.63, 3.8) is 0 Å². The molecule has 0 spiro atoms. The van der Waals surface area contributed by atoms with E-state index in [1.54, 1.807) is 14.0 Å². The van der Waals surface area contributed by atoms with Crippen LogP contribution in [0.15, 0.2) is 0 Å². The monoisotopic (exact) mass is 292 g/mol. The number of nitrogens with zero attached hydrogens (tertiary/aromatic N) is 1. The molecule has 0 bridgehead atoms. The summed E-state index contributed by atoms with van der Waals surface area (Å²) in [7, 11) is -2.07. The third-order valence-corrected chi connectivity index (χ3v) is 5.14. The first-order valence-corrected chi connectivity index (χ1v) is 8.24. The van der Waals surface area contributed by atoms with Gasteiger partial charge in [-0.2, -0.15) is 17.4 Å². The second-order valence-electron chi connectivity index (χ2n) is 4.90. The molecule has 1 aliphatic carbocycles. The molecule has 0 saturated heterocycles. The second kappa shape index (κ2) is 7.21. The third-order valence-electron chi connectivity index (χ3n) is 3.43. The van der Waals surface area contributed by atoms with Gasteiger partial charge in [0, 0.05) is 13.1 Å². The van der Waals surface area contributed by atoms with Crippen molar-refractivity contribution < 1.29 is 17.9 Å². The summed E-state index contributed by atoms with van der Waals surface area (Å²) >= 11 is 0. The third kappa shape index (κ3) is 4.74. The van der Waals surface area contributed by atoms with Crippen molar-refractivity contribution in [1.29, 1.82) is 0 Å². The van der Waals surface area contributed by atoms with E-state index >= 15 is 0 Å². The van der Waals surface area contributed by atoms with Crippen molar-refractivity contribution >= 4 is 16.2 Å². The van der Waals surface area contributed by atoms with Crippen LogP contribution in [0.5, 0.6) is 0 Å². The maximum Gasteiger partial charge on any atom is 0.323 e. The van der Waals surface area contributed by atoms with Crippen molar-refractivity contribution in [2.45, 2.75) is 58.0 Å². The molecule has 1 saturated carbocycles. The number of rotatable bonds is 6. The van der Waals surface area contributed by atoms with Gasteiger partial charge in [0.15, 0.2) is 0 Å². The van der Waals surface area contributed by atoms with Crippen LogP contribution in [0.2, 0.25) is 0 Å². The van der Waals surface area contributed by atoms with Gasteiger partial charge in [0.2, 0.25) is 0 Å². The van der Waals surface area contributed by atoms with Crippen molar-refractivity contribution in [3.05, 3.63) is 0 Å². The Bertz CT molecular complexity index is 391. The summed E-state index contributed by atoms with van der Waals surface area (Å²) in [6.07, 6.45) is 5.03. The highest BCUT2D eigenvalue weighted by Crippen LogP contribution is 2.23. The lowest BCUT2D eigenvalue weighted by Gasteiger charge is -2.31. The molecule has 0 aromatic heterocycles. The molecule has 0 aromatic rings. The molecule has 0 amide bonds. The van der Waals surface area contributed by atoms with Crippen molar-refractivity contribution in [1.82, 2.24) is 9.03 Å². The van der Waals surface area contributed by atoms with E-state index in [4.69, 9.17) is 4.74 Å². The Hall–Kier alpha value is -0.660. The van der Waals surface area contributed by atoms with Gasteiger partial charge in [-0.3, -0.25) is 4.79 Å². The second-order valence-corrected chi connectivity index (χ2v) is 6.67. The molecule has 0 aliphatic heterocycles. The zero-order chi connectivity index (χ0) is 14.5. The topological polar surface area (TPSA) is 75.7 Å². The fourth-order valence-corrected chi connectivity index (χ4v) is 3.58. The lowest BCUT2D eigenvalue weighted by Crippen LogP contribution is -2.49. The largest absolute Gasteiger partial charge is 0.465 e. The van der Waals surface area contributed by atoms with Crippen LogP contribution in [0.3, 0.4) is 0 Å². The van der Waals surface area contributed by atoms with Crippen molar-refractivity contribution in [3.8, 4) is 0 Å². The number of esters is 1. The Morgan fingerprint density at radius 3 is 2.47 bits per heavy atom. The fraction of sp³-hybridized carbons (Fsp3) is 0.917. The summed E-state index contributed by atoms with van der Waals surface area (Å²) in [6, 6.07) is -0.836. The molecule has 1 unspecified atom stereocenters. The molecule has 7 heteroatoms. The Morgan fingerprint density at radius 1 is 1.37 bits per heavy atom. The van der Waals surface area contributed by atoms with Gasteiger partial charge in [0.1, 0.15) is 6.04 Å². The summed E-state index contributed by atoms with van der Waals surface area (Å²) < 4.78 is 32.8. The van der Waals surface area contributed by atoms with Crippen molar-refractivity contribution in [2.75, 3.05) is 13.7 Å². The number of nitrogens with one attached hydrogen (secondary N) is 1. The van der Waals surface area contributed by atoms with E-state index in [9.17, 15) is 13.2 Å². The van der Waals surface area contributed by atoms with Crippen LogP contribution in [0, 0.1) is 0 Å². The molecule has 112 valence electrons. The molecule has 1 fully saturated rings. The fourth-order valence-electron chi connectivity index (χ4n) is 2.26. The minimum absolute atomic E-state index is 0.0284. The van der Waals surface area contributed by atoms with E-state index in [1.165, 1.54) is 11.2 Å². The lowest BCUT2D eigenvalue weighted by atomic mass is 9.96. The molecule has 0 heterocycles. The average molecular weight is 292 g/mol. The summed E-state index contributed by atoms with van der Waals surface area (Å²) in [4.78, 5) is 11.5. The standard InChI is InChI=1S/C12H24N2O4S/c1-4-18-12(15)10(2)13-19(16,17)14(3)11-8-6-5-7-9-11/h10-11,13H,4-9H2,1-3H3. The van der Waals surface area contributed by atoms with Crippen LogP contribution < -0.4 is 4.72 Å². The average Bonchev–Trinajstić information content (AvgIpc) is 2.38. The predicted molar refractivity (Wildman–Crippen MR) is 72.8 cm³/mol. The highest BCUT2D eigenvalue weighted by Gasteiger charge is 2.30. The molecule has 19 heavy (non-hydrogen) atoms. The highest BCUT2D eigenvalue weighted by atomic mass is 32.2. The highest BCUT2D eigenvalue weighted by molar-refractivity contribution is 7.87. The maximum absolute atomic E-state index is 12.2. The van der Waals surface area contributed by atoms with E-state index in [0.717, 1.165) is 32.1 Å². The van der Waals surface area contributed by atoms with Gasteiger partial charge in [-0.15, -0.1) is 0 Å². The first-order valence-electron chi connectivity index (χ1n) is 6.80. The Labute approximate surface area is 115 Å². The zero-order valence-electron chi connectivity index (χ0n) is 11.9. The lowest BCUT2D eigenvalue weighted by molar-refractivity contribution is -0.144. The van der Waals surface area contributed by atoms with E-state index in [2.05, 4.69) is 4.72 Å². The van der Waals surface area contributed by atoms with E-state index in [-0.39, 0.29) is 12.6 Å². The van der Waals surface area contributed by atoms with Crippen LogP contribution in [0.4, 0.5) is 0 Å². The van der Waals surface area contributed by atoms with Gasteiger partial charge >= 0.3 is 5.97 Å². The first-order chi connectivity index (χ1) is 8.88. The maximum atomic E-state index is 12.2. The van der Waals surface area contributed by atoms with Crippen LogP contribution >= 0.6 is 0 Å². The molecule has 0 radical (unpaired) electrons. The number of ether oxygens (including phenoxy) is 1. The minimum Gasteiger partial charge on any atom is -0.465 e. The predicted octanol–water partition coefficient (Wildman–Crippen LogP) is 1.04. The Kier molecular flexibility index (Phi) is 6.22. The molecule has 1 atom stereocenters. The number of carbonyl (C=O) groups excluding carboxylic acids is 1. The Balaban J connectivity index is 2.61. The molecular formula is C12H24N2O4S. The summed E-state index contributed by atoms with van der Waals surface area (Å²) in [6.45, 7) is 3.42. The smallest absolute Gasteiger partial charge is 0.323 e. The van der Waals surface area contributed by atoms with Crippen molar-refractivity contribution in [2.24, 2.45) is 0 Å². The van der Waals surface area contributed by atoms with Crippen LogP contribution in [0.1, 0.15) is 46.0 Å². The van der Waals surface area contributed by atoms with E-state index in [0.29, 0.717) is 0 Å². The molecule has 0 aromatic carbocycles. The van der Waals surface area contributed by atoms with Gasteiger partial charge in [0.05, 0.1) is 6.61 Å². The number of carbonyl (C=O) groups is 1. The van der Waals surface area contributed by atoms with Crippen LogP contribution in [-0.4, -0.2) is 44.4 Å². The summed E-state index contributed by atoms with van der Waals surface area (Å²) in [5.74, 6) is -0.553. The zero-order valence-corrected chi connectivity index (χ0v) is 12.7. The quantitative estimate of drug-likeness (QED) is 0.742. The number of hydrogen-bond acceptors (Lipinski definition) is 4. The van der Waals surface area contributed by atoms with E-state index < -0.39 is 22.2 Å². The normalized spacial score (nSPS) is 19.4. The van der Waals surface area contributed by atoms with Crippen LogP contribution in [0.25, 0.3) is 0 Å². The summed E-state index contributed by atoms with van der Waals surface area (Å²) in [5.41, 5.74) is 0. The molecule has 6 nitrogen and oxygen atoms in total. The minimum atomic E-state index is -3.64. The van der Waals surface area contributed by atoms with E-state index in [1.807, 2.05) is 0 Å². The van der Waals surface area contributed by atoms with Crippen LogP contribution in [-0.2, 0) is 19.7 Å². The molecule has 1 N–H and O–H groups in total. The molecule has 1 aliphatic rings. The number of hydrogen-bond donors (Lipinski definition) is 1. The SMILES string of the molecule is CCOC(=O)C(C)NS(=O)(=O)N(C)C1CCCCC1. The summed E-state index contributed by atoms with van der Waals surface area (Å²) in [5, 5.41) is 0. The Morgan fingerprint density at radius 2 is 1.95 bits per heavy atom. The molecular weight excluding hydrogens is 268 g/mol. The van der Waals surface area contributed by atoms with Gasteiger partial charge in [0.25, 0.3) is 10.2 Å². The van der Waals surface area contributed by atoms with Gasteiger partial charge in [-0.1, -0.05) is 19.3 Å². The van der Waals surface area contributed by atoms with Gasteiger partial charge in [-0.05, 0) is 26.7 Å². The molecule has 1 rings (SSSR count). The first kappa shape index (κ1) is 16.4. The van der Waals surface area contributed by atoms with Gasteiger partial charge in [-0.25, -0.2) is 0 Å².